The van der Waals surface area contributed by atoms with Gasteiger partial charge in [0.25, 0.3) is 0 Å². The van der Waals surface area contributed by atoms with Gasteiger partial charge in [-0.05, 0) is 61.3 Å². The smallest absolute Gasteiger partial charge is 0.227 e. The number of sulfonamides is 1. The van der Waals surface area contributed by atoms with Crippen LogP contribution in [0.2, 0.25) is 10.0 Å². The predicted molar refractivity (Wildman–Crippen MR) is 135 cm³/mol. The molecule has 1 fully saturated rings. The second-order valence-electron chi connectivity index (χ2n) is 8.33. The molecule has 9 heteroatoms. The highest BCUT2D eigenvalue weighted by Crippen LogP contribution is 2.26. The monoisotopic (exact) mass is 511 g/mol. The third kappa shape index (κ3) is 7.17. The van der Waals surface area contributed by atoms with Gasteiger partial charge in [0.1, 0.15) is 0 Å². The minimum atomic E-state index is -3.50. The van der Waals surface area contributed by atoms with Crippen LogP contribution in [0.5, 0.6) is 0 Å². The molecule has 180 valence electrons. The number of nitrogens with zero attached hydrogens (tertiary/aromatic N) is 2. The van der Waals surface area contributed by atoms with Gasteiger partial charge in [-0.15, -0.1) is 0 Å². The molecule has 2 aromatic rings. The molecule has 0 aromatic heterocycles. The first kappa shape index (κ1) is 26.0. The fraction of sp³-hybridized carbons (Fsp3) is 0.458. The van der Waals surface area contributed by atoms with E-state index in [-0.39, 0.29) is 17.6 Å². The number of hydrogen-bond acceptors (Lipinski definition) is 4. The number of anilines is 1. The number of carbonyl (C=O) groups excluding carboxylic acids is 1. The number of carbonyl (C=O) groups is 1. The summed E-state index contributed by atoms with van der Waals surface area (Å²) in [5.41, 5.74) is 2.56. The Morgan fingerprint density at radius 3 is 2.18 bits per heavy atom. The van der Waals surface area contributed by atoms with E-state index < -0.39 is 10.0 Å². The van der Waals surface area contributed by atoms with Crippen molar-refractivity contribution in [2.75, 3.05) is 31.5 Å². The highest BCUT2D eigenvalue weighted by Gasteiger charge is 2.31. The SMILES string of the molecule is CCN(CC)Cc1ccc(NC(=O)C2CCN(S(=O)(=O)Cc3ccc(Cl)c(Cl)c3)CC2)cc1. The molecule has 1 heterocycles. The molecule has 2 aromatic carbocycles. The average Bonchev–Trinajstić information content (AvgIpc) is 2.81. The van der Waals surface area contributed by atoms with Crippen LogP contribution in [-0.4, -0.2) is 49.7 Å². The maximum atomic E-state index is 12.8. The zero-order valence-corrected chi connectivity index (χ0v) is 21.4. The summed E-state index contributed by atoms with van der Waals surface area (Å²) in [5.74, 6) is -0.412. The van der Waals surface area contributed by atoms with Crippen LogP contribution in [-0.2, 0) is 27.1 Å². The quantitative estimate of drug-likeness (QED) is 0.513. The molecule has 0 radical (unpaired) electrons. The number of benzene rings is 2. The third-order valence-electron chi connectivity index (χ3n) is 6.07. The summed E-state index contributed by atoms with van der Waals surface area (Å²) in [6.07, 6.45) is 0.985. The molecule has 6 nitrogen and oxygen atoms in total. The molecule has 1 N–H and O–H groups in total. The topological polar surface area (TPSA) is 69.7 Å². The second-order valence-corrected chi connectivity index (χ2v) is 11.1. The van der Waals surface area contributed by atoms with Crippen molar-refractivity contribution in [3.63, 3.8) is 0 Å². The van der Waals surface area contributed by atoms with Crippen LogP contribution in [0, 0.1) is 5.92 Å². The Labute approximate surface area is 206 Å². The summed E-state index contributed by atoms with van der Waals surface area (Å²) in [5, 5.41) is 3.70. The van der Waals surface area contributed by atoms with E-state index in [0.29, 0.717) is 41.5 Å². The van der Waals surface area contributed by atoms with Crippen molar-refractivity contribution in [2.24, 2.45) is 5.92 Å². The van der Waals surface area contributed by atoms with Gasteiger partial charge >= 0.3 is 0 Å². The van der Waals surface area contributed by atoms with Crippen LogP contribution < -0.4 is 5.32 Å². The molecule has 1 aliphatic rings. The summed E-state index contributed by atoms with van der Waals surface area (Å²) in [4.78, 5) is 15.1. The molecule has 3 rings (SSSR count). The molecule has 1 aliphatic heterocycles. The maximum absolute atomic E-state index is 12.8. The lowest BCUT2D eigenvalue weighted by Crippen LogP contribution is -2.41. The van der Waals surface area contributed by atoms with Crippen LogP contribution in [0.25, 0.3) is 0 Å². The van der Waals surface area contributed by atoms with Crippen LogP contribution in [0.4, 0.5) is 5.69 Å². The molecule has 0 spiro atoms. The number of nitrogens with one attached hydrogen (secondary N) is 1. The largest absolute Gasteiger partial charge is 0.326 e. The molecule has 0 bridgehead atoms. The van der Waals surface area contributed by atoms with E-state index in [0.717, 1.165) is 25.3 Å². The fourth-order valence-electron chi connectivity index (χ4n) is 3.97. The highest BCUT2D eigenvalue weighted by atomic mass is 35.5. The van der Waals surface area contributed by atoms with Gasteiger partial charge in [-0.1, -0.05) is 55.2 Å². The van der Waals surface area contributed by atoms with Gasteiger partial charge in [-0.2, -0.15) is 0 Å². The fourth-order valence-corrected chi connectivity index (χ4v) is 5.84. The van der Waals surface area contributed by atoms with Crippen LogP contribution >= 0.6 is 23.2 Å². The second kappa shape index (κ2) is 11.7. The van der Waals surface area contributed by atoms with Gasteiger partial charge in [-0.3, -0.25) is 9.69 Å². The van der Waals surface area contributed by atoms with Crippen molar-refractivity contribution in [3.8, 4) is 0 Å². The lowest BCUT2D eigenvalue weighted by Gasteiger charge is -2.30. The normalized spacial score (nSPS) is 15.7. The molecule has 33 heavy (non-hydrogen) atoms. The summed E-state index contributed by atoms with van der Waals surface area (Å²) in [7, 11) is -3.50. The minimum Gasteiger partial charge on any atom is -0.326 e. The third-order valence-corrected chi connectivity index (χ3v) is 8.66. The van der Waals surface area contributed by atoms with Crippen molar-refractivity contribution in [3.05, 3.63) is 63.6 Å². The lowest BCUT2D eigenvalue weighted by molar-refractivity contribution is -0.120. The minimum absolute atomic E-state index is 0.0620. The van der Waals surface area contributed by atoms with Crippen molar-refractivity contribution in [1.29, 1.82) is 0 Å². The van der Waals surface area contributed by atoms with Crippen molar-refractivity contribution >= 4 is 44.8 Å². The summed E-state index contributed by atoms with van der Waals surface area (Å²) < 4.78 is 27.1. The highest BCUT2D eigenvalue weighted by molar-refractivity contribution is 7.88. The van der Waals surface area contributed by atoms with E-state index in [9.17, 15) is 13.2 Å². The standard InChI is InChI=1S/C24H31Cl2N3O3S/c1-3-28(4-2)16-18-5-8-21(9-6-18)27-24(30)20-11-13-29(14-12-20)33(31,32)17-19-7-10-22(25)23(26)15-19/h5-10,15,20H,3-4,11-14,16-17H2,1-2H3,(H,27,30). The van der Waals surface area contributed by atoms with Crippen molar-refractivity contribution in [2.45, 2.75) is 39.0 Å². The number of piperidine rings is 1. The lowest BCUT2D eigenvalue weighted by atomic mass is 9.97. The first-order valence-electron chi connectivity index (χ1n) is 11.3. The summed E-state index contributed by atoms with van der Waals surface area (Å²) in [6, 6.07) is 12.8. The number of hydrogen-bond donors (Lipinski definition) is 1. The number of halogens is 2. The Kier molecular flexibility index (Phi) is 9.18. The van der Waals surface area contributed by atoms with Gasteiger partial charge < -0.3 is 5.32 Å². The van der Waals surface area contributed by atoms with E-state index in [1.807, 2.05) is 24.3 Å². The van der Waals surface area contributed by atoms with Crippen molar-refractivity contribution in [1.82, 2.24) is 9.21 Å². The summed E-state index contributed by atoms with van der Waals surface area (Å²) >= 11 is 11.9. The molecule has 1 amide bonds. The van der Waals surface area contributed by atoms with Crippen LogP contribution in [0.15, 0.2) is 42.5 Å². The van der Waals surface area contributed by atoms with Gasteiger partial charge in [0.2, 0.25) is 15.9 Å². The molecule has 0 unspecified atom stereocenters. The van der Waals surface area contributed by atoms with E-state index in [4.69, 9.17) is 23.2 Å². The zero-order chi connectivity index (χ0) is 24.0. The van der Waals surface area contributed by atoms with E-state index in [1.165, 1.54) is 9.87 Å². The first-order chi connectivity index (χ1) is 15.7. The maximum Gasteiger partial charge on any atom is 0.227 e. The molecular formula is C24H31Cl2N3O3S. The zero-order valence-electron chi connectivity index (χ0n) is 19.1. The van der Waals surface area contributed by atoms with E-state index >= 15 is 0 Å². The van der Waals surface area contributed by atoms with Gasteiger partial charge in [-0.25, -0.2) is 12.7 Å². The molecular weight excluding hydrogens is 481 g/mol. The van der Waals surface area contributed by atoms with Gasteiger partial charge in [0, 0.05) is 31.2 Å². The Hall–Kier alpha value is -1.64. The average molecular weight is 513 g/mol. The van der Waals surface area contributed by atoms with Gasteiger partial charge in [0.15, 0.2) is 0 Å². The Morgan fingerprint density at radius 2 is 1.61 bits per heavy atom. The Balaban J connectivity index is 1.51. The Morgan fingerprint density at radius 1 is 1.00 bits per heavy atom. The van der Waals surface area contributed by atoms with Crippen LogP contribution in [0.1, 0.15) is 37.8 Å². The van der Waals surface area contributed by atoms with E-state index in [2.05, 4.69) is 24.1 Å². The predicted octanol–water partition coefficient (Wildman–Crippen LogP) is 5.02. The first-order valence-corrected chi connectivity index (χ1v) is 13.6. The number of rotatable bonds is 9. The van der Waals surface area contributed by atoms with E-state index in [1.54, 1.807) is 18.2 Å². The summed E-state index contributed by atoms with van der Waals surface area (Å²) in [6.45, 7) is 7.81. The van der Waals surface area contributed by atoms with Crippen LogP contribution in [0.3, 0.4) is 0 Å². The Bertz CT molecular complexity index is 1050. The van der Waals surface area contributed by atoms with Crippen molar-refractivity contribution < 1.29 is 13.2 Å². The molecule has 0 atom stereocenters. The molecule has 0 saturated carbocycles. The molecule has 0 aliphatic carbocycles. The number of amides is 1. The molecule has 1 saturated heterocycles. The van der Waals surface area contributed by atoms with Gasteiger partial charge in [0.05, 0.1) is 15.8 Å².